The highest BCUT2D eigenvalue weighted by Crippen LogP contribution is 2.55. The zero-order chi connectivity index (χ0) is 13.4. The van der Waals surface area contributed by atoms with Gasteiger partial charge in [0.05, 0.1) is 12.1 Å². The van der Waals surface area contributed by atoms with Crippen LogP contribution in [0.25, 0.3) is 0 Å². The van der Waals surface area contributed by atoms with Gasteiger partial charge in [0.1, 0.15) is 5.78 Å². The van der Waals surface area contributed by atoms with E-state index >= 15 is 0 Å². The first-order valence-electron chi connectivity index (χ1n) is 7.77. The second kappa shape index (κ2) is 5.10. The van der Waals surface area contributed by atoms with Crippen LogP contribution in [-0.4, -0.2) is 15.6 Å². The third kappa shape index (κ3) is 2.47. The molecule has 1 heterocycles. The third-order valence-electron chi connectivity index (χ3n) is 5.09. The van der Waals surface area contributed by atoms with Gasteiger partial charge in [-0.1, -0.05) is 19.8 Å². The summed E-state index contributed by atoms with van der Waals surface area (Å²) in [6.07, 6.45) is 8.84. The van der Waals surface area contributed by atoms with Crippen molar-refractivity contribution in [1.29, 1.82) is 0 Å². The standard InChI is InChI=1S/C16H24N2O/c1-3-11(2)18-9-8-12(17-18)10-15(19)16-13-6-4-5-7-14(13)16/h8-9,11,13-14,16H,3-7,10H2,1-2H3. The molecule has 0 aliphatic heterocycles. The lowest BCUT2D eigenvalue weighted by Gasteiger charge is -2.07. The maximum atomic E-state index is 12.3. The number of carbonyl (C=O) groups excluding carboxylic acids is 1. The van der Waals surface area contributed by atoms with Crippen molar-refractivity contribution < 1.29 is 4.79 Å². The minimum atomic E-state index is 0.372. The number of nitrogens with zero attached hydrogens (tertiary/aromatic N) is 2. The van der Waals surface area contributed by atoms with Crippen molar-refractivity contribution >= 4 is 5.78 Å². The van der Waals surface area contributed by atoms with Gasteiger partial charge in [-0.05, 0) is 44.1 Å². The van der Waals surface area contributed by atoms with Crippen LogP contribution in [0.3, 0.4) is 0 Å². The molecule has 0 amide bonds. The van der Waals surface area contributed by atoms with E-state index in [1.165, 1.54) is 25.7 Å². The molecular weight excluding hydrogens is 236 g/mol. The maximum Gasteiger partial charge on any atom is 0.142 e. The fourth-order valence-electron chi connectivity index (χ4n) is 3.67. The molecule has 2 saturated carbocycles. The fourth-order valence-corrected chi connectivity index (χ4v) is 3.67. The first-order valence-corrected chi connectivity index (χ1v) is 7.77. The Labute approximate surface area is 115 Å². The Morgan fingerprint density at radius 1 is 1.42 bits per heavy atom. The van der Waals surface area contributed by atoms with Crippen LogP contribution in [0.15, 0.2) is 12.3 Å². The lowest BCUT2D eigenvalue weighted by Crippen LogP contribution is -2.10. The molecule has 0 radical (unpaired) electrons. The molecule has 3 rings (SSSR count). The summed E-state index contributed by atoms with van der Waals surface area (Å²) in [7, 11) is 0. The summed E-state index contributed by atoms with van der Waals surface area (Å²) in [4.78, 5) is 12.3. The molecule has 3 unspecified atom stereocenters. The second-order valence-electron chi connectivity index (χ2n) is 6.33. The number of carbonyl (C=O) groups is 1. The molecule has 2 aliphatic carbocycles. The molecule has 104 valence electrons. The SMILES string of the molecule is CCC(C)n1ccc(CC(=O)C2C3CCCCC32)n1. The second-order valence-corrected chi connectivity index (χ2v) is 6.33. The minimum Gasteiger partial charge on any atom is -0.299 e. The number of rotatable bonds is 5. The fraction of sp³-hybridized carbons (Fsp3) is 0.750. The summed E-state index contributed by atoms with van der Waals surface area (Å²) in [5.74, 6) is 2.25. The molecule has 2 fully saturated rings. The van der Waals surface area contributed by atoms with E-state index in [1.54, 1.807) is 0 Å². The van der Waals surface area contributed by atoms with E-state index in [2.05, 4.69) is 18.9 Å². The highest BCUT2D eigenvalue weighted by Gasteiger charge is 2.54. The van der Waals surface area contributed by atoms with Crippen molar-refractivity contribution in [2.24, 2.45) is 17.8 Å². The monoisotopic (exact) mass is 260 g/mol. The van der Waals surface area contributed by atoms with Gasteiger partial charge in [0.2, 0.25) is 0 Å². The molecule has 0 spiro atoms. The van der Waals surface area contributed by atoms with Crippen molar-refractivity contribution in [3.8, 4) is 0 Å². The van der Waals surface area contributed by atoms with Crippen LogP contribution in [0, 0.1) is 17.8 Å². The van der Waals surface area contributed by atoms with Crippen LogP contribution in [0.5, 0.6) is 0 Å². The normalized spacial score (nSPS) is 30.7. The molecule has 19 heavy (non-hydrogen) atoms. The van der Waals surface area contributed by atoms with Crippen molar-refractivity contribution in [3.63, 3.8) is 0 Å². The van der Waals surface area contributed by atoms with Crippen molar-refractivity contribution in [2.45, 2.75) is 58.4 Å². The van der Waals surface area contributed by atoms with Gasteiger partial charge in [0, 0.05) is 18.2 Å². The number of Topliss-reactive ketones (excluding diaryl/α,β-unsaturated/α-hetero) is 1. The van der Waals surface area contributed by atoms with Gasteiger partial charge >= 0.3 is 0 Å². The molecule has 2 aliphatic rings. The Hall–Kier alpha value is -1.12. The first kappa shape index (κ1) is 12.9. The van der Waals surface area contributed by atoms with Crippen LogP contribution in [0.1, 0.15) is 57.7 Å². The van der Waals surface area contributed by atoms with Gasteiger partial charge in [-0.3, -0.25) is 9.48 Å². The predicted molar refractivity (Wildman–Crippen MR) is 74.9 cm³/mol. The Morgan fingerprint density at radius 3 is 2.74 bits per heavy atom. The molecule has 1 aromatic heterocycles. The lowest BCUT2D eigenvalue weighted by atomic mass is 10.0. The molecule has 3 atom stereocenters. The summed E-state index contributed by atoms with van der Waals surface area (Å²) >= 11 is 0. The molecular formula is C16H24N2O. The Kier molecular flexibility index (Phi) is 3.46. The summed E-state index contributed by atoms with van der Waals surface area (Å²) in [5.41, 5.74) is 0.953. The van der Waals surface area contributed by atoms with Gasteiger partial charge in [0.15, 0.2) is 0 Å². The Balaban J connectivity index is 1.59. The van der Waals surface area contributed by atoms with E-state index in [0.29, 0.717) is 24.2 Å². The minimum absolute atomic E-state index is 0.372. The van der Waals surface area contributed by atoms with Gasteiger partial charge in [-0.15, -0.1) is 0 Å². The molecule has 0 bridgehead atoms. The lowest BCUT2D eigenvalue weighted by molar-refractivity contribution is -0.120. The molecule has 3 heteroatoms. The average Bonchev–Trinajstić information content (AvgIpc) is 2.99. The molecule has 0 aromatic carbocycles. The van der Waals surface area contributed by atoms with E-state index in [0.717, 1.165) is 24.0 Å². The van der Waals surface area contributed by atoms with E-state index in [4.69, 9.17) is 0 Å². The smallest absolute Gasteiger partial charge is 0.142 e. The van der Waals surface area contributed by atoms with E-state index in [9.17, 15) is 4.79 Å². The molecule has 0 N–H and O–H groups in total. The maximum absolute atomic E-state index is 12.3. The largest absolute Gasteiger partial charge is 0.299 e. The van der Waals surface area contributed by atoms with Crippen LogP contribution in [0.4, 0.5) is 0 Å². The Bertz CT molecular complexity index is 453. The van der Waals surface area contributed by atoms with Crippen molar-refractivity contribution in [2.75, 3.05) is 0 Å². The Morgan fingerprint density at radius 2 is 2.11 bits per heavy atom. The van der Waals surface area contributed by atoms with Gasteiger partial charge in [-0.2, -0.15) is 5.10 Å². The van der Waals surface area contributed by atoms with E-state index in [-0.39, 0.29) is 0 Å². The van der Waals surface area contributed by atoms with Crippen molar-refractivity contribution in [1.82, 2.24) is 9.78 Å². The van der Waals surface area contributed by atoms with E-state index < -0.39 is 0 Å². The highest BCUT2D eigenvalue weighted by molar-refractivity contribution is 5.86. The predicted octanol–water partition coefficient (Wildman–Crippen LogP) is 3.40. The van der Waals surface area contributed by atoms with Crippen LogP contribution in [0.2, 0.25) is 0 Å². The van der Waals surface area contributed by atoms with Gasteiger partial charge in [-0.25, -0.2) is 0 Å². The zero-order valence-corrected chi connectivity index (χ0v) is 12.0. The van der Waals surface area contributed by atoms with Crippen LogP contribution in [-0.2, 0) is 11.2 Å². The zero-order valence-electron chi connectivity index (χ0n) is 12.0. The van der Waals surface area contributed by atoms with Crippen LogP contribution >= 0.6 is 0 Å². The topological polar surface area (TPSA) is 34.9 Å². The highest BCUT2D eigenvalue weighted by atomic mass is 16.1. The van der Waals surface area contributed by atoms with Crippen molar-refractivity contribution in [3.05, 3.63) is 18.0 Å². The number of aromatic nitrogens is 2. The number of hydrogen-bond acceptors (Lipinski definition) is 2. The average molecular weight is 260 g/mol. The van der Waals surface area contributed by atoms with Gasteiger partial charge < -0.3 is 0 Å². The summed E-state index contributed by atoms with van der Waals surface area (Å²) in [6, 6.07) is 2.43. The summed E-state index contributed by atoms with van der Waals surface area (Å²) in [5, 5.41) is 4.54. The molecule has 1 aromatic rings. The number of hydrogen-bond donors (Lipinski definition) is 0. The molecule has 3 nitrogen and oxygen atoms in total. The molecule has 0 saturated heterocycles. The quantitative estimate of drug-likeness (QED) is 0.813. The number of ketones is 1. The number of fused-ring (bicyclic) bond motifs is 1. The summed E-state index contributed by atoms with van der Waals surface area (Å²) < 4.78 is 1.99. The van der Waals surface area contributed by atoms with E-state index in [1.807, 2.05) is 16.9 Å². The summed E-state index contributed by atoms with van der Waals surface area (Å²) in [6.45, 7) is 4.32. The third-order valence-corrected chi connectivity index (χ3v) is 5.09. The van der Waals surface area contributed by atoms with Gasteiger partial charge in [0.25, 0.3) is 0 Å². The van der Waals surface area contributed by atoms with Crippen LogP contribution < -0.4 is 0 Å². The first-order chi connectivity index (χ1) is 9.20.